The summed E-state index contributed by atoms with van der Waals surface area (Å²) in [6, 6.07) is 1.57. The number of hydrogen-bond acceptors (Lipinski definition) is 3. The Morgan fingerprint density at radius 2 is 2.00 bits per heavy atom. The van der Waals surface area contributed by atoms with E-state index in [0.29, 0.717) is 33.9 Å². The van der Waals surface area contributed by atoms with Crippen molar-refractivity contribution in [3.63, 3.8) is 0 Å². The second kappa shape index (κ2) is 4.33. The molecular weight excluding hydrogens is 204 g/mol. The van der Waals surface area contributed by atoms with Gasteiger partial charge < -0.3 is 9.47 Å². The Morgan fingerprint density at radius 1 is 1.36 bits per heavy atom. The molecule has 0 aliphatic heterocycles. The molecule has 0 bridgehead atoms. The van der Waals surface area contributed by atoms with E-state index < -0.39 is 0 Å². The summed E-state index contributed by atoms with van der Waals surface area (Å²) in [4.78, 5) is 10.7. The van der Waals surface area contributed by atoms with E-state index in [1.165, 1.54) is 14.2 Å². The molecule has 0 aliphatic carbocycles. The fraction of sp³-hybridized carbons (Fsp3) is 0.300. The second-order valence-corrected chi connectivity index (χ2v) is 3.16. The van der Waals surface area contributed by atoms with Crippen LogP contribution in [0.25, 0.3) is 0 Å². The average molecular weight is 215 g/mol. The number of rotatable bonds is 3. The van der Waals surface area contributed by atoms with E-state index >= 15 is 0 Å². The number of ether oxygens (including phenoxy) is 2. The van der Waals surface area contributed by atoms with Crippen LogP contribution in [0.5, 0.6) is 11.5 Å². The monoisotopic (exact) mass is 214 g/mol. The van der Waals surface area contributed by atoms with E-state index in [2.05, 4.69) is 0 Å². The molecule has 0 amide bonds. The lowest BCUT2D eigenvalue weighted by atomic mass is 10.1. The minimum Gasteiger partial charge on any atom is -0.493 e. The van der Waals surface area contributed by atoms with Crippen LogP contribution in [0, 0.1) is 6.92 Å². The fourth-order valence-electron chi connectivity index (χ4n) is 1.29. The third-order valence-electron chi connectivity index (χ3n) is 2.03. The smallest absolute Gasteiger partial charge is 0.164 e. The highest BCUT2D eigenvalue weighted by Gasteiger charge is 2.14. The number of aldehydes is 1. The number of carbonyl (C=O) groups is 1. The van der Waals surface area contributed by atoms with Gasteiger partial charge >= 0.3 is 0 Å². The summed E-state index contributed by atoms with van der Waals surface area (Å²) in [6.45, 7) is 1.76. The van der Waals surface area contributed by atoms with Crippen molar-refractivity contribution >= 4 is 17.9 Å². The summed E-state index contributed by atoms with van der Waals surface area (Å²) in [6.07, 6.45) is 0.708. The van der Waals surface area contributed by atoms with Crippen LogP contribution in [-0.2, 0) is 0 Å². The van der Waals surface area contributed by atoms with Gasteiger partial charge in [-0.2, -0.15) is 0 Å². The van der Waals surface area contributed by atoms with Crippen molar-refractivity contribution in [3.8, 4) is 11.5 Å². The fourth-order valence-corrected chi connectivity index (χ4v) is 1.58. The van der Waals surface area contributed by atoms with Crippen molar-refractivity contribution in [1.82, 2.24) is 0 Å². The SMILES string of the molecule is COc1cc(Cl)c(C=O)c(C)c1OC. The van der Waals surface area contributed by atoms with Gasteiger partial charge in [-0.15, -0.1) is 0 Å². The Labute approximate surface area is 87.6 Å². The van der Waals surface area contributed by atoms with Crippen LogP contribution in [0.15, 0.2) is 6.07 Å². The van der Waals surface area contributed by atoms with Gasteiger partial charge in [0.25, 0.3) is 0 Å². The zero-order chi connectivity index (χ0) is 10.7. The zero-order valence-corrected chi connectivity index (χ0v) is 9.01. The molecule has 3 nitrogen and oxygen atoms in total. The lowest BCUT2D eigenvalue weighted by molar-refractivity contribution is 0.112. The molecule has 0 aromatic heterocycles. The molecule has 1 aromatic rings. The quantitative estimate of drug-likeness (QED) is 0.726. The summed E-state index contributed by atoms with van der Waals surface area (Å²) < 4.78 is 10.2. The molecule has 0 spiro atoms. The minimum absolute atomic E-state index is 0.371. The average Bonchev–Trinajstić information content (AvgIpc) is 2.17. The molecule has 0 saturated heterocycles. The topological polar surface area (TPSA) is 35.5 Å². The number of hydrogen-bond donors (Lipinski definition) is 0. The molecule has 0 atom stereocenters. The molecule has 0 unspecified atom stereocenters. The van der Waals surface area contributed by atoms with Crippen LogP contribution in [-0.4, -0.2) is 20.5 Å². The van der Waals surface area contributed by atoms with E-state index in [1.54, 1.807) is 13.0 Å². The van der Waals surface area contributed by atoms with Crippen LogP contribution in [0.3, 0.4) is 0 Å². The van der Waals surface area contributed by atoms with Crippen LogP contribution >= 0.6 is 11.6 Å². The molecule has 1 aromatic carbocycles. The van der Waals surface area contributed by atoms with Crippen LogP contribution in [0.2, 0.25) is 5.02 Å². The predicted molar refractivity (Wildman–Crippen MR) is 54.7 cm³/mol. The third kappa shape index (κ3) is 1.68. The van der Waals surface area contributed by atoms with Crippen molar-refractivity contribution in [2.45, 2.75) is 6.92 Å². The van der Waals surface area contributed by atoms with Crippen molar-refractivity contribution < 1.29 is 14.3 Å². The third-order valence-corrected chi connectivity index (χ3v) is 2.34. The Morgan fingerprint density at radius 3 is 2.43 bits per heavy atom. The number of methoxy groups -OCH3 is 2. The van der Waals surface area contributed by atoms with Crippen molar-refractivity contribution in [3.05, 3.63) is 22.2 Å². The minimum atomic E-state index is 0.371. The van der Waals surface area contributed by atoms with E-state index in [1.807, 2.05) is 0 Å². The summed E-state index contributed by atoms with van der Waals surface area (Å²) in [5.41, 5.74) is 1.12. The van der Waals surface area contributed by atoms with Crippen LogP contribution in [0.1, 0.15) is 15.9 Å². The number of benzene rings is 1. The molecule has 0 fully saturated rings. The Bertz CT molecular complexity index is 361. The molecule has 4 heteroatoms. The highest BCUT2D eigenvalue weighted by Crippen LogP contribution is 2.36. The van der Waals surface area contributed by atoms with Crippen molar-refractivity contribution in [2.75, 3.05) is 14.2 Å². The summed E-state index contributed by atoms with van der Waals surface area (Å²) in [7, 11) is 3.04. The molecule has 0 heterocycles. The predicted octanol–water partition coefficient (Wildman–Crippen LogP) is 2.48. The number of carbonyl (C=O) groups excluding carboxylic acids is 1. The molecule has 0 N–H and O–H groups in total. The Balaban J connectivity index is 3.46. The van der Waals surface area contributed by atoms with E-state index in [9.17, 15) is 4.79 Å². The molecule has 14 heavy (non-hydrogen) atoms. The van der Waals surface area contributed by atoms with E-state index in [-0.39, 0.29) is 0 Å². The first kappa shape index (κ1) is 10.9. The van der Waals surface area contributed by atoms with E-state index in [0.717, 1.165) is 0 Å². The first-order chi connectivity index (χ1) is 6.65. The maximum Gasteiger partial charge on any atom is 0.164 e. The second-order valence-electron chi connectivity index (χ2n) is 2.75. The van der Waals surface area contributed by atoms with Gasteiger partial charge in [-0.25, -0.2) is 0 Å². The van der Waals surface area contributed by atoms with Gasteiger partial charge in [-0.3, -0.25) is 4.79 Å². The first-order valence-corrected chi connectivity index (χ1v) is 4.39. The van der Waals surface area contributed by atoms with Gasteiger partial charge in [0, 0.05) is 17.2 Å². The molecule has 76 valence electrons. The maximum atomic E-state index is 10.7. The standard InChI is InChI=1S/C10H11ClO3/c1-6-7(5-12)8(11)4-9(13-2)10(6)14-3/h4-5H,1-3H3. The van der Waals surface area contributed by atoms with Gasteiger partial charge in [-0.1, -0.05) is 11.6 Å². The maximum absolute atomic E-state index is 10.7. The lowest BCUT2D eigenvalue weighted by Crippen LogP contribution is -1.97. The number of halogens is 1. The molecular formula is C10H11ClO3. The van der Waals surface area contributed by atoms with Crippen molar-refractivity contribution in [1.29, 1.82) is 0 Å². The highest BCUT2D eigenvalue weighted by molar-refractivity contribution is 6.33. The van der Waals surface area contributed by atoms with Crippen molar-refractivity contribution in [2.24, 2.45) is 0 Å². The van der Waals surface area contributed by atoms with Crippen LogP contribution in [0.4, 0.5) is 0 Å². The molecule has 0 saturated carbocycles. The van der Waals surface area contributed by atoms with Crippen LogP contribution < -0.4 is 9.47 Å². The molecule has 1 rings (SSSR count). The Kier molecular flexibility index (Phi) is 3.36. The highest BCUT2D eigenvalue weighted by atomic mass is 35.5. The van der Waals surface area contributed by atoms with Gasteiger partial charge in [0.15, 0.2) is 17.8 Å². The molecule has 0 radical (unpaired) electrons. The summed E-state index contributed by atoms with van der Waals surface area (Å²) in [5, 5.41) is 0.371. The van der Waals surface area contributed by atoms with E-state index in [4.69, 9.17) is 21.1 Å². The van der Waals surface area contributed by atoms with Gasteiger partial charge in [0.1, 0.15) is 0 Å². The Hall–Kier alpha value is -1.22. The largest absolute Gasteiger partial charge is 0.493 e. The molecule has 0 aliphatic rings. The normalized spacial score (nSPS) is 9.71. The first-order valence-electron chi connectivity index (χ1n) is 4.02. The summed E-state index contributed by atoms with van der Waals surface area (Å²) >= 11 is 5.88. The summed E-state index contributed by atoms with van der Waals surface area (Å²) in [5.74, 6) is 1.07. The van der Waals surface area contributed by atoms with Gasteiger partial charge in [0.2, 0.25) is 0 Å². The lowest BCUT2D eigenvalue weighted by Gasteiger charge is -2.12. The van der Waals surface area contributed by atoms with Gasteiger partial charge in [-0.05, 0) is 6.92 Å². The zero-order valence-electron chi connectivity index (χ0n) is 8.26. The van der Waals surface area contributed by atoms with Gasteiger partial charge in [0.05, 0.1) is 19.2 Å².